The molecule has 33 heavy (non-hydrogen) atoms. The van der Waals surface area contributed by atoms with Crippen LogP contribution in [-0.4, -0.2) is 58.6 Å². The van der Waals surface area contributed by atoms with Gasteiger partial charge in [0.2, 0.25) is 5.91 Å². The van der Waals surface area contributed by atoms with Crippen molar-refractivity contribution in [2.75, 3.05) is 32.1 Å². The maximum absolute atomic E-state index is 12.3. The third-order valence-corrected chi connectivity index (χ3v) is 5.99. The molecule has 4 aromatic rings. The summed E-state index contributed by atoms with van der Waals surface area (Å²) in [5.41, 5.74) is 3.64. The summed E-state index contributed by atoms with van der Waals surface area (Å²) in [7, 11) is 1.33. The number of aromatic hydroxyl groups is 1. The molecule has 8 nitrogen and oxygen atoms in total. The predicted molar refractivity (Wildman–Crippen MR) is 126 cm³/mol. The first-order chi connectivity index (χ1) is 16.0. The van der Waals surface area contributed by atoms with Crippen molar-refractivity contribution in [1.82, 2.24) is 14.9 Å². The fraction of sp³-hybridized carbons (Fsp3) is 0.240. The Kier molecular flexibility index (Phi) is 5.43. The van der Waals surface area contributed by atoms with E-state index in [0.29, 0.717) is 28.9 Å². The summed E-state index contributed by atoms with van der Waals surface area (Å²) >= 11 is 0. The molecule has 0 aliphatic carbocycles. The molecule has 2 aromatic heterocycles. The lowest BCUT2D eigenvalue weighted by molar-refractivity contribution is -0.117. The summed E-state index contributed by atoms with van der Waals surface area (Å²) in [6.07, 6.45) is 2.30. The van der Waals surface area contributed by atoms with Gasteiger partial charge < -0.3 is 20.1 Å². The highest BCUT2D eigenvalue weighted by molar-refractivity contribution is 6.03. The lowest BCUT2D eigenvalue weighted by Gasteiger charge is -2.14. The van der Waals surface area contributed by atoms with E-state index in [0.717, 1.165) is 47.9 Å². The molecule has 1 aliphatic heterocycles. The number of likely N-dealkylation sites (tertiary alicyclic amines) is 1. The van der Waals surface area contributed by atoms with Gasteiger partial charge in [-0.05, 0) is 62.3 Å². The number of nitrogens with one attached hydrogen (secondary N) is 2. The van der Waals surface area contributed by atoms with Crippen molar-refractivity contribution in [3.8, 4) is 17.1 Å². The van der Waals surface area contributed by atoms with Gasteiger partial charge in [0.15, 0.2) is 5.88 Å². The number of rotatable bonds is 5. The number of fused-ring (bicyclic) bond motifs is 2. The minimum Gasteiger partial charge on any atom is -0.494 e. The molecule has 0 radical (unpaired) electrons. The second-order valence-corrected chi connectivity index (χ2v) is 8.24. The van der Waals surface area contributed by atoms with Crippen LogP contribution < -0.4 is 5.32 Å². The molecule has 1 saturated heterocycles. The summed E-state index contributed by atoms with van der Waals surface area (Å²) in [5, 5.41) is 15.1. The van der Waals surface area contributed by atoms with E-state index < -0.39 is 5.97 Å². The number of hydrogen-bond acceptors (Lipinski definition) is 6. The number of esters is 1. The van der Waals surface area contributed by atoms with Gasteiger partial charge in [0.05, 0.1) is 36.0 Å². The summed E-state index contributed by atoms with van der Waals surface area (Å²) in [4.78, 5) is 33.9. The Morgan fingerprint density at radius 3 is 2.73 bits per heavy atom. The van der Waals surface area contributed by atoms with E-state index in [1.165, 1.54) is 7.11 Å². The average Bonchev–Trinajstić information content (AvgIpc) is 3.44. The highest BCUT2D eigenvalue weighted by Crippen LogP contribution is 2.37. The average molecular weight is 444 g/mol. The van der Waals surface area contributed by atoms with Crippen molar-refractivity contribution in [2.45, 2.75) is 12.8 Å². The van der Waals surface area contributed by atoms with Crippen LogP contribution in [0.3, 0.4) is 0 Å². The monoisotopic (exact) mass is 444 g/mol. The zero-order chi connectivity index (χ0) is 22.9. The van der Waals surface area contributed by atoms with Crippen molar-refractivity contribution in [3.05, 3.63) is 54.1 Å². The molecule has 0 atom stereocenters. The second-order valence-electron chi connectivity index (χ2n) is 8.24. The Morgan fingerprint density at radius 1 is 1.12 bits per heavy atom. The molecule has 5 rings (SSSR count). The van der Waals surface area contributed by atoms with Crippen molar-refractivity contribution in [2.24, 2.45) is 0 Å². The molecule has 0 saturated carbocycles. The van der Waals surface area contributed by atoms with E-state index in [9.17, 15) is 14.7 Å². The maximum atomic E-state index is 12.3. The first kappa shape index (κ1) is 21.0. The van der Waals surface area contributed by atoms with Crippen molar-refractivity contribution in [3.63, 3.8) is 0 Å². The molecule has 0 unspecified atom stereocenters. The van der Waals surface area contributed by atoms with Crippen LogP contribution in [0, 0.1) is 0 Å². The molecular weight excluding hydrogens is 420 g/mol. The van der Waals surface area contributed by atoms with E-state index >= 15 is 0 Å². The number of hydrogen-bond donors (Lipinski definition) is 3. The highest BCUT2D eigenvalue weighted by atomic mass is 16.5. The number of methoxy groups -OCH3 is 1. The van der Waals surface area contributed by atoms with E-state index in [1.54, 1.807) is 18.2 Å². The minimum absolute atomic E-state index is 0.0177. The first-order valence-corrected chi connectivity index (χ1v) is 10.9. The minimum atomic E-state index is -0.445. The Morgan fingerprint density at radius 2 is 1.94 bits per heavy atom. The predicted octanol–water partition coefficient (Wildman–Crippen LogP) is 3.91. The van der Waals surface area contributed by atoms with Gasteiger partial charge in [0, 0.05) is 22.0 Å². The smallest absolute Gasteiger partial charge is 0.337 e. The van der Waals surface area contributed by atoms with Crippen LogP contribution in [0.2, 0.25) is 0 Å². The van der Waals surface area contributed by atoms with Gasteiger partial charge in [-0.25, -0.2) is 9.78 Å². The van der Waals surface area contributed by atoms with Gasteiger partial charge in [-0.2, -0.15) is 0 Å². The quantitative estimate of drug-likeness (QED) is 0.403. The zero-order valence-electron chi connectivity index (χ0n) is 18.2. The molecular formula is C25H24N4O4. The van der Waals surface area contributed by atoms with Gasteiger partial charge >= 0.3 is 5.97 Å². The van der Waals surface area contributed by atoms with Gasteiger partial charge in [-0.15, -0.1) is 0 Å². The standard InChI is InChI=1S/C25H24N4O4/c1-33-25(32)16-4-7-18-21(13-16)28-24(31)23(18)20-8-5-15-12-17(6-9-19(15)27-20)26-22(30)14-29-10-2-3-11-29/h4-9,12-13,28,31H,2-3,10-11,14H2,1H3,(H,26,30). The number of carbonyl (C=O) groups excluding carboxylic acids is 2. The highest BCUT2D eigenvalue weighted by Gasteiger charge is 2.18. The van der Waals surface area contributed by atoms with E-state index in [1.807, 2.05) is 30.3 Å². The molecule has 1 aliphatic rings. The number of amides is 1. The van der Waals surface area contributed by atoms with Crippen LogP contribution in [0.25, 0.3) is 33.1 Å². The molecule has 168 valence electrons. The molecule has 1 amide bonds. The van der Waals surface area contributed by atoms with Crippen LogP contribution in [-0.2, 0) is 9.53 Å². The number of aromatic amines is 1. The Bertz CT molecular complexity index is 1370. The SMILES string of the molecule is COC(=O)c1ccc2c(-c3ccc4cc(NC(=O)CN5CCCC5)ccc4n3)c(O)[nH]c2c1. The molecule has 3 N–H and O–H groups in total. The van der Waals surface area contributed by atoms with Crippen molar-refractivity contribution < 1.29 is 19.4 Å². The van der Waals surface area contributed by atoms with E-state index in [4.69, 9.17) is 9.72 Å². The molecule has 8 heteroatoms. The molecule has 0 spiro atoms. The van der Waals surface area contributed by atoms with Gasteiger partial charge in [-0.1, -0.05) is 12.1 Å². The normalized spacial score (nSPS) is 14.1. The topological polar surface area (TPSA) is 108 Å². The number of aromatic nitrogens is 2. The third kappa shape index (κ3) is 4.12. The lowest BCUT2D eigenvalue weighted by atomic mass is 10.1. The largest absolute Gasteiger partial charge is 0.494 e. The van der Waals surface area contributed by atoms with Crippen LogP contribution in [0.5, 0.6) is 5.88 Å². The number of pyridine rings is 1. The van der Waals surface area contributed by atoms with Crippen molar-refractivity contribution >= 4 is 39.4 Å². The number of H-pyrrole nitrogens is 1. The van der Waals surface area contributed by atoms with Crippen LogP contribution in [0.4, 0.5) is 5.69 Å². The number of carbonyl (C=O) groups is 2. The maximum Gasteiger partial charge on any atom is 0.337 e. The summed E-state index contributed by atoms with van der Waals surface area (Å²) in [6, 6.07) is 14.4. The van der Waals surface area contributed by atoms with Crippen molar-refractivity contribution in [1.29, 1.82) is 0 Å². The third-order valence-electron chi connectivity index (χ3n) is 5.99. The fourth-order valence-electron chi connectivity index (χ4n) is 4.37. The van der Waals surface area contributed by atoms with E-state index in [-0.39, 0.29) is 11.8 Å². The zero-order valence-corrected chi connectivity index (χ0v) is 18.2. The Balaban J connectivity index is 1.42. The number of benzene rings is 2. The Labute approximate surface area is 190 Å². The molecule has 3 heterocycles. The second kappa shape index (κ2) is 8.55. The number of anilines is 1. The summed E-state index contributed by atoms with van der Waals surface area (Å²) < 4.78 is 4.77. The summed E-state index contributed by atoms with van der Waals surface area (Å²) in [6.45, 7) is 2.36. The fourth-order valence-corrected chi connectivity index (χ4v) is 4.37. The molecule has 1 fully saturated rings. The number of ether oxygens (including phenoxy) is 1. The molecule has 2 aromatic carbocycles. The molecule has 0 bridgehead atoms. The van der Waals surface area contributed by atoms with Gasteiger partial charge in [-0.3, -0.25) is 9.69 Å². The van der Waals surface area contributed by atoms with Crippen LogP contribution in [0.15, 0.2) is 48.5 Å². The van der Waals surface area contributed by atoms with E-state index in [2.05, 4.69) is 15.2 Å². The van der Waals surface area contributed by atoms with Gasteiger partial charge in [0.1, 0.15) is 0 Å². The van der Waals surface area contributed by atoms with Gasteiger partial charge in [0.25, 0.3) is 0 Å². The van der Waals surface area contributed by atoms with Crippen LogP contribution >= 0.6 is 0 Å². The van der Waals surface area contributed by atoms with Crippen LogP contribution in [0.1, 0.15) is 23.2 Å². The first-order valence-electron chi connectivity index (χ1n) is 10.9. The lowest BCUT2D eigenvalue weighted by Crippen LogP contribution is -2.30. The number of nitrogens with zero attached hydrogens (tertiary/aromatic N) is 2. The summed E-state index contributed by atoms with van der Waals surface area (Å²) in [5.74, 6) is -0.486. The Hall–Kier alpha value is -3.91.